The average Bonchev–Trinajstić information content (AvgIpc) is 2.46. The van der Waals surface area contributed by atoms with Gasteiger partial charge in [0.05, 0.1) is 10.9 Å². The molecule has 1 unspecified atom stereocenters. The number of furan rings is 1. The third kappa shape index (κ3) is 2.87. The number of aliphatic carboxylic acids is 1. The van der Waals surface area contributed by atoms with Crippen LogP contribution in [0.15, 0.2) is 21.2 Å². The summed E-state index contributed by atoms with van der Waals surface area (Å²) in [5, 5.41) is 8.75. The lowest BCUT2D eigenvalue weighted by Gasteiger charge is -2.15. The van der Waals surface area contributed by atoms with Gasteiger partial charge in [0.2, 0.25) is 0 Å². The highest BCUT2D eigenvalue weighted by Gasteiger charge is 2.22. The van der Waals surface area contributed by atoms with Crippen molar-refractivity contribution in [2.24, 2.45) is 5.92 Å². The van der Waals surface area contributed by atoms with Crippen LogP contribution in [0.5, 0.6) is 0 Å². The summed E-state index contributed by atoms with van der Waals surface area (Å²) in [4.78, 5) is 10.6. The molecule has 4 heteroatoms. The molecule has 0 aromatic carbocycles. The summed E-state index contributed by atoms with van der Waals surface area (Å²) in [6, 6.07) is 1.83. The van der Waals surface area contributed by atoms with E-state index in [0.717, 1.165) is 10.2 Å². The molecule has 0 spiro atoms. The third-order valence-corrected chi connectivity index (χ3v) is 2.57. The first-order valence-electron chi connectivity index (χ1n) is 4.46. The largest absolute Gasteiger partial charge is 0.481 e. The minimum Gasteiger partial charge on any atom is -0.481 e. The van der Waals surface area contributed by atoms with Crippen LogP contribution in [0.4, 0.5) is 0 Å². The Morgan fingerprint density at radius 1 is 1.64 bits per heavy atom. The highest BCUT2D eigenvalue weighted by atomic mass is 79.9. The fraction of sp³-hybridized carbons (Fsp3) is 0.500. The van der Waals surface area contributed by atoms with Crippen molar-refractivity contribution in [1.82, 2.24) is 0 Å². The molecule has 1 aromatic heterocycles. The van der Waals surface area contributed by atoms with E-state index in [-0.39, 0.29) is 18.3 Å². The summed E-state index contributed by atoms with van der Waals surface area (Å²) in [6.45, 7) is 3.98. The Morgan fingerprint density at radius 2 is 2.29 bits per heavy atom. The van der Waals surface area contributed by atoms with Crippen molar-refractivity contribution in [1.29, 1.82) is 0 Å². The molecule has 0 fully saturated rings. The Kier molecular flexibility index (Phi) is 3.75. The van der Waals surface area contributed by atoms with Crippen LogP contribution >= 0.6 is 15.9 Å². The zero-order valence-corrected chi connectivity index (χ0v) is 9.74. The number of carboxylic acids is 1. The summed E-state index contributed by atoms with van der Waals surface area (Å²) in [5.74, 6) is 0.133. The van der Waals surface area contributed by atoms with Gasteiger partial charge in [-0.15, -0.1) is 0 Å². The van der Waals surface area contributed by atoms with Gasteiger partial charge < -0.3 is 9.52 Å². The van der Waals surface area contributed by atoms with Gasteiger partial charge in [-0.25, -0.2) is 0 Å². The van der Waals surface area contributed by atoms with E-state index in [1.165, 1.54) is 0 Å². The molecule has 0 aliphatic rings. The number of rotatable bonds is 4. The van der Waals surface area contributed by atoms with Crippen molar-refractivity contribution in [2.75, 3.05) is 0 Å². The molecule has 0 radical (unpaired) electrons. The van der Waals surface area contributed by atoms with Gasteiger partial charge in [0, 0.05) is 5.92 Å². The van der Waals surface area contributed by atoms with Crippen LogP contribution in [0.3, 0.4) is 0 Å². The van der Waals surface area contributed by atoms with Crippen molar-refractivity contribution in [2.45, 2.75) is 26.2 Å². The number of hydrogen-bond acceptors (Lipinski definition) is 2. The maximum atomic E-state index is 10.6. The maximum absolute atomic E-state index is 10.6. The van der Waals surface area contributed by atoms with Gasteiger partial charge in [-0.05, 0) is 27.9 Å². The van der Waals surface area contributed by atoms with E-state index in [2.05, 4.69) is 15.9 Å². The second-order valence-electron chi connectivity index (χ2n) is 3.62. The molecule has 1 atom stereocenters. The summed E-state index contributed by atoms with van der Waals surface area (Å²) < 4.78 is 6.13. The maximum Gasteiger partial charge on any atom is 0.304 e. The van der Waals surface area contributed by atoms with Crippen LogP contribution in [0.1, 0.15) is 31.9 Å². The predicted octanol–water partition coefficient (Wildman–Crippen LogP) is 3.26. The summed E-state index contributed by atoms with van der Waals surface area (Å²) >= 11 is 3.27. The fourth-order valence-electron chi connectivity index (χ4n) is 1.38. The topological polar surface area (TPSA) is 50.4 Å². The first-order chi connectivity index (χ1) is 6.50. The smallest absolute Gasteiger partial charge is 0.304 e. The van der Waals surface area contributed by atoms with Crippen molar-refractivity contribution >= 4 is 21.9 Å². The Labute approximate surface area is 91.2 Å². The predicted molar refractivity (Wildman–Crippen MR) is 56.2 cm³/mol. The summed E-state index contributed by atoms with van der Waals surface area (Å²) in [5.41, 5.74) is 0. The molecule has 0 saturated carbocycles. The molecule has 0 amide bonds. The molecule has 14 heavy (non-hydrogen) atoms. The monoisotopic (exact) mass is 260 g/mol. The minimum atomic E-state index is -0.795. The van der Waals surface area contributed by atoms with E-state index in [0.29, 0.717) is 0 Å². The lowest BCUT2D eigenvalue weighted by atomic mass is 9.90. The van der Waals surface area contributed by atoms with Crippen LogP contribution < -0.4 is 0 Å². The normalized spacial score (nSPS) is 13.1. The Morgan fingerprint density at radius 3 is 2.64 bits per heavy atom. The summed E-state index contributed by atoms with van der Waals surface area (Å²) in [6.07, 6.45) is 1.68. The van der Waals surface area contributed by atoms with Crippen LogP contribution in [-0.4, -0.2) is 11.1 Å². The van der Waals surface area contributed by atoms with Crippen molar-refractivity contribution in [3.63, 3.8) is 0 Å². The molecule has 0 bridgehead atoms. The minimum absolute atomic E-state index is 0.0567. The Bertz CT molecular complexity index is 317. The second kappa shape index (κ2) is 4.64. The summed E-state index contributed by atoms with van der Waals surface area (Å²) in [7, 11) is 0. The van der Waals surface area contributed by atoms with Crippen LogP contribution in [-0.2, 0) is 4.79 Å². The van der Waals surface area contributed by atoms with Gasteiger partial charge in [0.25, 0.3) is 0 Å². The van der Waals surface area contributed by atoms with Crippen LogP contribution in [0.25, 0.3) is 0 Å². The van der Waals surface area contributed by atoms with Gasteiger partial charge in [-0.3, -0.25) is 4.79 Å². The van der Waals surface area contributed by atoms with E-state index in [4.69, 9.17) is 9.52 Å². The molecule has 3 nitrogen and oxygen atoms in total. The SMILES string of the molecule is CC(C)C(CC(=O)O)c1cc(Br)co1. The molecular formula is C10H13BrO3. The molecule has 1 rings (SSSR count). The molecule has 0 aliphatic heterocycles. The Balaban J connectivity index is 2.82. The highest BCUT2D eigenvalue weighted by molar-refractivity contribution is 9.10. The van der Waals surface area contributed by atoms with Gasteiger partial charge in [0.1, 0.15) is 12.0 Å². The van der Waals surface area contributed by atoms with Gasteiger partial charge >= 0.3 is 5.97 Å². The number of carboxylic acid groups (broad SMARTS) is 1. The molecule has 1 N–H and O–H groups in total. The first kappa shape index (κ1) is 11.3. The number of halogens is 1. The average molecular weight is 261 g/mol. The zero-order valence-electron chi connectivity index (χ0n) is 8.16. The fourth-order valence-corrected chi connectivity index (χ4v) is 1.69. The van der Waals surface area contributed by atoms with E-state index >= 15 is 0 Å². The van der Waals surface area contributed by atoms with E-state index in [1.807, 2.05) is 19.9 Å². The molecule has 0 saturated heterocycles. The van der Waals surface area contributed by atoms with Crippen LogP contribution in [0.2, 0.25) is 0 Å². The van der Waals surface area contributed by atoms with Crippen LogP contribution in [0, 0.1) is 5.92 Å². The molecular weight excluding hydrogens is 248 g/mol. The van der Waals surface area contributed by atoms with Gasteiger partial charge in [0.15, 0.2) is 0 Å². The van der Waals surface area contributed by atoms with Crippen molar-refractivity contribution in [3.8, 4) is 0 Å². The third-order valence-electron chi connectivity index (χ3n) is 2.15. The highest BCUT2D eigenvalue weighted by Crippen LogP contribution is 2.30. The van der Waals surface area contributed by atoms with Crippen molar-refractivity contribution in [3.05, 3.63) is 22.6 Å². The lowest BCUT2D eigenvalue weighted by molar-refractivity contribution is -0.137. The number of carbonyl (C=O) groups is 1. The standard InChI is InChI=1S/C10H13BrO3/c1-6(2)8(4-10(12)13)9-3-7(11)5-14-9/h3,5-6,8H,4H2,1-2H3,(H,12,13). The van der Waals surface area contributed by atoms with E-state index in [9.17, 15) is 4.79 Å². The Hall–Kier alpha value is -0.770. The van der Waals surface area contributed by atoms with Crippen molar-refractivity contribution < 1.29 is 14.3 Å². The van der Waals surface area contributed by atoms with Gasteiger partial charge in [-0.1, -0.05) is 13.8 Å². The number of hydrogen-bond donors (Lipinski definition) is 1. The quantitative estimate of drug-likeness (QED) is 0.904. The van der Waals surface area contributed by atoms with Gasteiger partial charge in [-0.2, -0.15) is 0 Å². The second-order valence-corrected chi connectivity index (χ2v) is 4.53. The van der Waals surface area contributed by atoms with E-state index < -0.39 is 5.97 Å². The molecule has 1 aromatic rings. The van der Waals surface area contributed by atoms with E-state index in [1.54, 1.807) is 6.26 Å². The lowest BCUT2D eigenvalue weighted by Crippen LogP contribution is -2.11. The molecule has 78 valence electrons. The zero-order chi connectivity index (χ0) is 10.7. The molecule has 1 heterocycles. The molecule has 0 aliphatic carbocycles. The first-order valence-corrected chi connectivity index (χ1v) is 5.25.